The summed E-state index contributed by atoms with van der Waals surface area (Å²) in [6, 6.07) is 13.4. The van der Waals surface area contributed by atoms with Crippen molar-refractivity contribution in [2.24, 2.45) is 0 Å². The Bertz CT molecular complexity index is 808. The van der Waals surface area contributed by atoms with E-state index in [2.05, 4.69) is 5.32 Å². The molecule has 0 aromatic heterocycles. The standard InChI is InChI=1S/C19H17F3INO3/c20-19(21,22)17(11-18(26)27-12-14-4-2-1-3-5-14)24-16-7-6-13(8-9-25)10-15(16)23/h1-7,10-11,24-25H,8-9,12H2. The van der Waals surface area contributed by atoms with Crippen LogP contribution in [0.4, 0.5) is 18.9 Å². The largest absolute Gasteiger partial charge is 0.458 e. The molecule has 0 bridgehead atoms. The third-order valence-electron chi connectivity index (χ3n) is 3.49. The molecule has 0 fully saturated rings. The van der Waals surface area contributed by atoms with E-state index in [4.69, 9.17) is 9.84 Å². The van der Waals surface area contributed by atoms with Crippen molar-refractivity contribution >= 4 is 34.2 Å². The van der Waals surface area contributed by atoms with E-state index in [-0.39, 0.29) is 18.9 Å². The Labute approximate surface area is 168 Å². The molecule has 0 aliphatic heterocycles. The number of allylic oxidation sites excluding steroid dienone is 1. The first-order chi connectivity index (χ1) is 12.8. The van der Waals surface area contributed by atoms with Gasteiger partial charge in [0.25, 0.3) is 0 Å². The third kappa shape index (κ3) is 6.87. The van der Waals surface area contributed by atoms with E-state index in [1.807, 2.05) is 22.6 Å². The first-order valence-corrected chi connectivity index (χ1v) is 9.03. The van der Waals surface area contributed by atoms with Crippen molar-refractivity contribution in [3.63, 3.8) is 0 Å². The third-order valence-corrected chi connectivity index (χ3v) is 4.39. The number of anilines is 1. The number of carbonyl (C=O) groups excluding carboxylic acids is 1. The number of hydrogen-bond acceptors (Lipinski definition) is 4. The Morgan fingerprint density at radius 3 is 2.44 bits per heavy atom. The van der Waals surface area contributed by atoms with Gasteiger partial charge in [-0.2, -0.15) is 13.2 Å². The summed E-state index contributed by atoms with van der Waals surface area (Å²) in [5, 5.41) is 11.2. The van der Waals surface area contributed by atoms with Crippen molar-refractivity contribution in [3.8, 4) is 0 Å². The van der Waals surface area contributed by atoms with Gasteiger partial charge in [-0.05, 0) is 52.3 Å². The van der Waals surface area contributed by atoms with E-state index in [9.17, 15) is 18.0 Å². The molecule has 0 saturated carbocycles. The highest BCUT2D eigenvalue weighted by atomic mass is 127. The Morgan fingerprint density at radius 2 is 1.85 bits per heavy atom. The fourth-order valence-corrected chi connectivity index (χ4v) is 2.88. The average molecular weight is 491 g/mol. The summed E-state index contributed by atoms with van der Waals surface area (Å²) in [4.78, 5) is 11.8. The number of benzene rings is 2. The molecular weight excluding hydrogens is 474 g/mol. The molecule has 4 nitrogen and oxygen atoms in total. The fourth-order valence-electron chi connectivity index (χ4n) is 2.17. The van der Waals surface area contributed by atoms with E-state index >= 15 is 0 Å². The molecule has 2 aromatic carbocycles. The molecule has 0 aliphatic rings. The fraction of sp³-hybridized carbons (Fsp3) is 0.211. The maximum absolute atomic E-state index is 13.3. The highest BCUT2D eigenvalue weighted by Gasteiger charge is 2.35. The lowest BCUT2D eigenvalue weighted by Crippen LogP contribution is -2.21. The van der Waals surface area contributed by atoms with Crippen LogP contribution in [0, 0.1) is 3.57 Å². The van der Waals surface area contributed by atoms with Gasteiger partial charge >= 0.3 is 12.1 Å². The molecule has 0 atom stereocenters. The molecule has 0 radical (unpaired) electrons. The quantitative estimate of drug-likeness (QED) is 0.342. The zero-order chi connectivity index (χ0) is 19.9. The lowest BCUT2D eigenvalue weighted by Gasteiger charge is -2.16. The van der Waals surface area contributed by atoms with Crippen LogP contribution in [0.15, 0.2) is 60.3 Å². The summed E-state index contributed by atoms with van der Waals surface area (Å²) in [6.45, 7) is -0.168. The van der Waals surface area contributed by atoms with E-state index in [0.717, 1.165) is 5.56 Å². The molecular formula is C19H17F3INO3. The van der Waals surface area contributed by atoms with Gasteiger partial charge < -0.3 is 15.2 Å². The molecule has 0 heterocycles. The first-order valence-electron chi connectivity index (χ1n) is 7.95. The van der Waals surface area contributed by atoms with Gasteiger partial charge in [0.15, 0.2) is 0 Å². The second-order valence-corrected chi connectivity index (χ2v) is 6.72. The molecule has 0 spiro atoms. The number of ether oxygens (including phenoxy) is 1. The van der Waals surface area contributed by atoms with Crippen LogP contribution >= 0.6 is 22.6 Å². The second-order valence-electron chi connectivity index (χ2n) is 5.56. The van der Waals surface area contributed by atoms with Crippen LogP contribution < -0.4 is 5.32 Å². The van der Waals surface area contributed by atoms with Crippen LogP contribution in [-0.2, 0) is 22.6 Å². The molecule has 2 aromatic rings. The van der Waals surface area contributed by atoms with Gasteiger partial charge in [-0.25, -0.2) is 4.79 Å². The second kappa shape index (κ2) is 9.75. The van der Waals surface area contributed by atoms with Crippen LogP contribution in [0.25, 0.3) is 0 Å². The summed E-state index contributed by atoms with van der Waals surface area (Å²) in [5.74, 6) is -1.09. The van der Waals surface area contributed by atoms with Crippen molar-refractivity contribution in [1.29, 1.82) is 0 Å². The van der Waals surface area contributed by atoms with Gasteiger partial charge in [-0.3, -0.25) is 0 Å². The van der Waals surface area contributed by atoms with Gasteiger partial charge in [0.2, 0.25) is 0 Å². The topological polar surface area (TPSA) is 58.6 Å². The van der Waals surface area contributed by atoms with Crippen molar-refractivity contribution in [2.75, 3.05) is 11.9 Å². The highest BCUT2D eigenvalue weighted by Crippen LogP contribution is 2.29. The minimum atomic E-state index is -4.75. The molecule has 27 heavy (non-hydrogen) atoms. The minimum absolute atomic E-state index is 0.0518. The highest BCUT2D eigenvalue weighted by molar-refractivity contribution is 14.1. The van der Waals surface area contributed by atoms with Crippen LogP contribution in [0.2, 0.25) is 0 Å². The van der Waals surface area contributed by atoms with Crippen molar-refractivity contribution in [1.82, 2.24) is 0 Å². The van der Waals surface area contributed by atoms with Gasteiger partial charge in [-0.15, -0.1) is 0 Å². The van der Waals surface area contributed by atoms with E-state index in [0.29, 0.717) is 21.6 Å². The number of hydrogen-bond donors (Lipinski definition) is 2. The summed E-state index contributed by atoms with van der Waals surface area (Å²) in [5.41, 5.74) is 0.465. The summed E-state index contributed by atoms with van der Waals surface area (Å²) >= 11 is 1.89. The number of rotatable bonds is 7. The van der Waals surface area contributed by atoms with Crippen molar-refractivity contribution < 1.29 is 27.8 Å². The van der Waals surface area contributed by atoms with Gasteiger partial charge in [0, 0.05) is 10.2 Å². The number of aliphatic hydroxyl groups excluding tert-OH is 1. The maximum Gasteiger partial charge on any atom is 0.431 e. The van der Waals surface area contributed by atoms with Crippen molar-refractivity contribution in [2.45, 2.75) is 19.2 Å². The zero-order valence-corrected chi connectivity index (χ0v) is 16.3. The number of esters is 1. The first kappa shape index (κ1) is 21.2. The van der Waals surface area contributed by atoms with E-state index < -0.39 is 17.8 Å². The predicted molar refractivity (Wildman–Crippen MR) is 104 cm³/mol. The number of carbonyl (C=O) groups is 1. The SMILES string of the molecule is O=C(C=C(Nc1ccc(CCO)cc1I)C(F)(F)F)OCc1ccccc1. The summed E-state index contributed by atoms with van der Waals surface area (Å²) in [6.07, 6.45) is -3.94. The number of halogens is 4. The molecule has 2 N–H and O–H groups in total. The number of nitrogens with one attached hydrogen (secondary N) is 1. The Kier molecular flexibility index (Phi) is 7.66. The Morgan fingerprint density at radius 1 is 1.15 bits per heavy atom. The maximum atomic E-state index is 13.3. The molecule has 0 saturated heterocycles. The molecule has 8 heteroatoms. The van der Waals surface area contributed by atoms with Crippen LogP contribution in [0.1, 0.15) is 11.1 Å². The Balaban J connectivity index is 2.12. The molecule has 0 amide bonds. The van der Waals surface area contributed by atoms with Gasteiger partial charge in [0.05, 0.1) is 11.8 Å². The van der Waals surface area contributed by atoms with E-state index in [1.54, 1.807) is 42.5 Å². The monoisotopic (exact) mass is 491 g/mol. The molecule has 0 unspecified atom stereocenters. The van der Waals surface area contributed by atoms with Crippen LogP contribution in [-0.4, -0.2) is 23.9 Å². The van der Waals surface area contributed by atoms with Crippen LogP contribution in [0.3, 0.4) is 0 Å². The summed E-state index contributed by atoms with van der Waals surface area (Å²) < 4.78 is 45.3. The molecule has 2 rings (SSSR count). The lowest BCUT2D eigenvalue weighted by atomic mass is 10.1. The Hall–Kier alpha value is -2.07. The predicted octanol–water partition coefficient (Wildman–Crippen LogP) is 4.43. The minimum Gasteiger partial charge on any atom is -0.458 e. The average Bonchev–Trinajstić information content (AvgIpc) is 2.62. The molecule has 144 valence electrons. The van der Waals surface area contributed by atoms with E-state index in [1.165, 1.54) is 6.07 Å². The smallest absolute Gasteiger partial charge is 0.431 e. The van der Waals surface area contributed by atoms with Gasteiger partial charge in [-0.1, -0.05) is 36.4 Å². The number of alkyl halides is 3. The normalized spacial score (nSPS) is 12.0. The zero-order valence-electron chi connectivity index (χ0n) is 14.1. The van der Waals surface area contributed by atoms with Crippen molar-refractivity contribution in [3.05, 3.63) is 75.0 Å². The summed E-state index contributed by atoms with van der Waals surface area (Å²) in [7, 11) is 0. The van der Waals surface area contributed by atoms with Gasteiger partial charge in [0.1, 0.15) is 12.3 Å². The molecule has 0 aliphatic carbocycles. The van der Waals surface area contributed by atoms with Crippen LogP contribution in [0.5, 0.6) is 0 Å². The number of aliphatic hydroxyl groups is 1. The lowest BCUT2D eigenvalue weighted by molar-refractivity contribution is -0.140.